The van der Waals surface area contributed by atoms with E-state index in [1.54, 1.807) is 6.33 Å². The summed E-state index contributed by atoms with van der Waals surface area (Å²) < 4.78 is 0. The highest BCUT2D eigenvalue weighted by Gasteiger charge is 2.38. The van der Waals surface area contributed by atoms with Gasteiger partial charge in [-0.1, -0.05) is 0 Å². The lowest BCUT2D eigenvalue weighted by Crippen LogP contribution is -2.31. The molecule has 4 heteroatoms. The van der Waals surface area contributed by atoms with E-state index in [1.807, 2.05) is 13.0 Å². The SMILES string of the molecule is Cc1cc(NC2CC(C)N(C3CC3)C2)ncn1. The van der Waals surface area contributed by atoms with Gasteiger partial charge in [0.2, 0.25) is 0 Å². The maximum Gasteiger partial charge on any atom is 0.129 e. The van der Waals surface area contributed by atoms with E-state index in [1.165, 1.54) is 19.3 Å². The van der Waals surface area contributed by atoms with Gasteiger partial charge in [-0.2, -0.15) is 0 Å². The van der Waals surface area contributed by atoms with E-state index in [2.05, 4.69) is 27.1 Å². The molecule has 1 saturated carbocycles. The number of likely N-dealkylation sites (tertiary alicyclic amines) is 1. The zero-order chi connectivity index (χ0) is 11.8. The van der Waals surface area contributed by atoms with E-state index < -0.39 is 0 Å². The predicted octanol–water partition coefficient (Wildman–Crippen LogP) is 1.82. The van der Waals surface area contributed by atoms with Gasteiger partial charge in [-0.3, -0.25) is 4.90 Å². The number of anilines is 1. The Morgan fingerprint density at radius 2 is 2.18 bits per heavy atom. The number of hydrogen-bond donors (Lipinski definition) is 1. The molecule has 3 rings (SSSR count). The molecule has 0 aromatic carbocycles. The Bertz CT molecular complexity index is 402. The number of hydrogen-bond acceptors (Lipinski definition) is 4. The minimum absolute atomic E-state index is 0.542. The van der Waals surface area contributed by atoms with Crippen molar-refractivity contribution in [3.63, 3.8) is 0 Å². The standard InChI is InChI=1S/C13H20N4/c1-9-5-13(15-8-14-9)16-11-6-10(2)17(7-11)12-3-4-12/h5,8,10-12H,3-4,6-7H2,1-2H3,(H,14,15,16). The second-order valence-corrected chi connectivity index (χ2v) is 5.40. The number of aryl methyl sites for hydroxylation is 1. The second-order valence-electron chi connectivity index (χ2n) is 5.40. The molecule has 0 spiro atoms. The highest BCUT2D eigenvalue weighted by Crippen LogP contribution is 2.33. The second kappa shape index (κ2) is 4.26. The molecule has 4 nitrogen and oxygen atoms in total. The van der Waals surface area contributed by atoms with E-state index in [0.717, 1.165) is 24.1 Å². The molecule has 0 bridgehead atoms. The summed E-state index contributed by atoms with van der Waals surface area (Å²) in [6.45, 7) is 5.50. The maximum atomic E-state index is 4.27. The molecular formula is C13H20N4. The van der Waals surface area contributed by atoms with Crippen molar-refractivity contribution >= 4 is 5.82 Å². The highest BCUT2D eigenvalue weighted by atomic mass is 15.3. The quantitative estimate of drug-likeness (QED) is 0.863. The molecule has 0 amide bonds. The van der Waals surface area contributed by atoms with Crippen LogP contribution in [-0.4, -0.2) is 39.5 Å². The van der Waals surface area contributed by atoms with Gasteiger partial charge < -0.3 is 5.32 Å². The van der Waals surface area contributed by atoms with Crippen molar-refractivity contribution in [2.75, 3.05) is 11.9 Å². The normalized spacial score (nSPS) is 29.5. The van der Waals surface area contributed by atoms with E-state index in [0.29, 0.717) is 12.1 Å². The maximum absolute atomic E-state index is 4.27. The Labute approximate surface area is 102 Å². The van der Waals surface area contributed by atoms with Crippen molar-refractivity contribution < 1.29 is 0 Å². The fourth-order valence-corrected chi connectivity index (χ4v) is 2.82. The average molecular weight is 232 g/mol. The summed E-state index contributed by atoms with van der Waals surface area (Å²) in [5, 5.41) is 3.53. The molecule has 1 saturated heterocycles. The van der Waals surface area contributed by atoms with Gasteiger partial charge in [-0.05, 0) is 33.1 Å². The monoisotopic (exact) mass is 232 g/mol. The van der Waals surface area contributed by atoms with Crippen LogP contribution in [0.15, 0.2) is 12.4 Å². The molecule has 1 aliphatic heterocycles. The third kappa shape index (κ3) is 2.41. The fourth-order valence-electron chi connectivity index (χ4n) is 2.82. The summed E-state index contributed by atoms with van der Waals surface area (Å²) in [5.74, 6) is 0.965. The van der Waals surface area contributed by atoms with E-state index in [-0.39, 0.29) is 0 Å². The molecule has 1 aromatic rings. The molecule has 2 atom stereocenters. The summed E-state index contributed by atoms with van der Waals surface area (Å²) in [6, 6.07) is 4.14. The van der Waals surface area contributed by atoms with Gasteiger partial charge in [0.15, 0.2) is 0 Å². The Morgan fingerprint density at radius 1 is 1.35 bits per heavy atom. The van der Waals surface area contributed by atoms with Crippen LogP contribution in [0.1, 0.15) is 31.9 Å². The van der Waals surface area contributed by atoms with Gasteiger partial charge in [-0.25, -0.2) is 9.97 Å². The lowest BCUT2D eigenvalue weighted by atomic mass is 10.2. The topological polar surface area (TPSA) is 41.0 Å². The van der Waals surface area contributed by atoms with Crippen LogP contribution in [0.3, 0.4) is 0 Å². The molecule has 2 unspecified atom stereocenters. The predicted molar refractivity (Wildman–Crippen MR) is 68.0 cm³/mol. The van der Waals surface area contributed by atoms with Crippen molar-refractivity contribution in [2.24, 2.45) is 0 Å². The van der Waals surface area contributed by atoms with Crippen molar-refractivity contribution in [3.8, 4) is 0 Å². The van der Waals surface area contributed by atoms with Crippen molar-refractivity contribution in [2.45, 2.75) is 51.2 Å². The van der Waals surface area contributed by atoms with E-state index in [4.69, 9.17) is 0 Å². The van der Waals surface area contributed by atoms with Crippen LogP contribution in [0.5, 0.6) is 0 Å². The summed E-state index contributed by atoms with van der Waals surface area (Å²) in [4.78, 5) is 11.0. The van der Waals surface area contributed by atoms with Gasteiger partial charge in [0.25, 0.3) is 0 Å². The molecule has 1 aliphatic carbocycles. The summed E-state index contributed by atoms with van der Waals surface area (Å²) >= 11 is 0. The lowest BCUT2D eigenvalue weighted by Gasteiger charge is -2.19. The summed E-state index contributed by atoms with van der Waals surface area (Å²) in [5.41, 5.74) is 1.02. The Balaban J connectivity index is 1.63. The number of nitrogens with zero attached hydrogens (tertiary/aromatic N) is 3. The van der Waals surface area contributed by atoms with Crippen LogP contribution in [-0.2, 0) is 0 Å². The van der Waals surface area contributed by atoms with Crippen LogP contribution >= 0.6 is 0 Å². The first-order valence-corrected chi connectivity index (χ1v) is 6.53. The first-order valence-electron chi connectivity index (χ1n) is 6.53. The fraction of sp³-hybridized carbons (Fsp3) is 0.692. The molecule has 1 aromatic heterocycles. The molecule has 0 radical (unpaired) electrons. The van der Waals surface area contributed by atoms with Gasteiger partial charge in [0.1, 0.15) is 12.1 Å². The molecule has 2 fully saturated rings. The van der Waals surface area contributed by atoms with Crippen LogP contribution in [0.4, 0.5) is 5.82 Å². The first kappa shape index (κ1) is 11.0. The van der Waals surface area contributed by atoms with Gasteiger partial charge >= 0.3 is 0 Å². The smallest absolute Gasteiger partial charge is 0.129 e. The number of nitrogens with one attached hydrogen (secondary N) is 1. The lowest BCUT2D eigenvalue weighted by molar-refractivity contribution is 0.257. The molecule has 92 valence electrons. The molecular weight excluding hydrogens is 212 g/mol. The third-order valence-electron chi connectivity index (χ3n) is 3.79. The van der Waals surface area contributed by atoms with Gasteiger partial charge in [0.05, 0.1) is 0 Å². The molecule has 1 N–H and O–H groups in total. The van der Waals surface area contributed by atoms with Crippen molar-refractivity contribution in [1.29, 1.82) is 0 Å². The van der Waals surface area contributed by atoms with E-state index in [9.17, 15) is 0 Å². The van der Waals surface area contributed by atoms with E-state index >= 15 is 0 Å². The molecule has 2 heterocycles. The summed E-state index contributed by atoms with van der Waals surface area (Å²) in [6.07, 6.45) is 5.64. The van der Waals surface area contributed by atoms with Crippen molar-refractivity contribution in [1.82, 2.24) is 14.9 Å². The first-order chi connectivity index (χ1) is 8.22. The van der Waals surface area contributed by atoms with Gasteiger partial charge in [0, 0.05) is 36.4 Å². The van der Waals surface area contributed by atoms with Crippen LogP contribution in [0.25, 0.3) is 0 Å². The zero-order valence-electron chi connectivity index (χ0n) is 10.6. The largest absolute Gasteiger partial charge is 0.366 e. The van der Waals surface area contributed by atoms with Crippen LogP contribution < -0.4 is 5.32 Å². The summed E-state index contributed by atoms with van der Waals surface area (Å²) in [7, 11) is 0. The zero-order valence-corrected chi connectivity index (χ0v) is 10.6. The average Bonchev–Trinajstić information content (AvgIpc) is 3.04. The third-order valence-corrected chi connectivity index (χ3v) is 3.79. The highest BCUT2D eigenvalue weighted by molar-refractivity contribution is 5.36. The molecule has 17 heavy (non-hydrogen) atoms. The Morgan fingerprint density at radius 3 is 2.88 bits per heavy atom. The van der Waals surface area contributed by atoms with Crippen LogP contribution in [0.2, 0.25) is 0 Å². The minimum atomic E-state index is 0.542. The number of aromatic nitrogens is 2. The van der Waals surface area contributed by atoms with Gasteiger partial charge in [-0.15, -0.1) is 0 Å². The van der Waals surface area contributed by atoms with Crippen LogP contribution in [0, 0.1) is 6.92 Å². The minimum Gasteiger partial charge on any atom is -0.366 e. The Kier molecular flexibility index (Phi) is 2.74. The van der Waals surface area contributed by atoms with Crippen molar-refractivity contribution in [3.05, 3.63) is 18.1 Å². The molecule has 2 aliphatic rings. The Hall–Kier alpha value is -1.16. The number of rotatable bonds is 3.